The molecule has 0 N–H and O–H groups in total. The van der Waals surface area contributed by atoms with Crippen molar-refractivity contribution in [2.45, 2.75) is 84.7 Å². The highest BCUT2D eigenvalue weighted by atomic mass is 16.5. The molecule has 4 heteroatoms. The van der Waals surface area contributed by atoms with Crippen molar-refractivity contribution in [2.24, 2.45) is 40.4 Å². The Bertz CT molecular complexity index is 615. The molecule has 8 atom stereocenters. The first-order valence-corrected chi connectivity index (χ1v) is 11.0. The van der Waals surface area contributed by atoms with E-state index in [2.05, 4.69) is 13.8 Å². The lowest BCUT2D eigenvalue weighted by atomic mass is 9.44. The van der Waals surface area contributed by atoms with Crippen molar-refractivity contribution in [2.75, 3.05) is 7.11 Å². The van der Waals surface area contributed by atoms with Crippen LogP contribution in [0.2, 0.25) is 0 Å². The minimum atomic E-state index is -0.134. The van der Waals surface area contributed by atoms with Gasteiger partial charge in [0, 0.05) is 6.92 Å². The number of esters is 2. The van der Waals surface area contributed by atoms with Gasteiger partial charge in [-0.3, -0.25) is 9.59 Å². The molecule has 0 unspecified atom stereocenters. The second-order valence-corrected chi connectivity index (χ2v) is 10.4. The van der Waals surface area contributed by atoms with Gasteiger partial charge in [-0.1, -0.05) is 13.8 Å². The van der Waals surface area contributed by atoms with Crippen molar-refractivity contribution in [1.82, 2.24) is 0 Å². The zero-order valence-corrected chi connectivity index (χ0v) is 17.5. The van der Waals surface area contributed by atoms with Crippen LogP contribution < -0.4 is 0 Å². The van der Waals surface area contributed by atoms with Crippen LogP contribution in [0.25, 0.3) is 0 Å². The number of ether oxygens (including phenoxy) is 2. The zero-order valence-electron chi connectivity index (χ0n) is 17.5. The molecular weight excluding hydrogens is 340 g/mol. The zero-order chi connectivity index (χ0) is 19.4. The van der Waals surface area contributed by atoms with Crippen LogP contribution in [0.1, 0.15) is 78.6 Å². The number of hydrogen-bond acceptors (Lipinski definition) is 4. The molecule has 0 heterocycles. The molecule has 152 valence electrons. The molecule has 0 aromatic heterocycles. The van der Waals surface area contributed by atoms with E-state index in [4.69, 9.17) is 9.47 Å². The van der Waals surface area contributed by atoms with E-state index in [0.29, 0.717) is 17.3 Å². The van der Waals surface area contributed by atoms with Gasteiger partial charge in [-0.25, -0.2) is 0 Å². The van der Waals surface area contributed by atoms with E-state index in [0.717, 1.165) is 37.5 Å². The predicted octanol–water partition coefficient (Wildman–Crippen LogP) is 4.75. The highest BCUT2D eigenvalue weighted by molar-refractivity contribution is 5.73. The summed E-state index contributed by atoms with van der Waals surface area (Å²) in [6, 6.07) is 0. The van der Waals surface area contributed by atoms with Crippen molar-refractivity contribution in [3.8, 4) is 0 Å². The number of hydrogen-bond donors (Lipinski definition) is 0. The highest BCUT2D eigenvalue weighted by Crippen LogP contribution is 2.67. The molecule has 4 rings (SSSR count). The van der Waals surface area contributed by atoms with Gasteiger partial charge in [0.1, 0.15) is 6.10 Å². The Hall–Kier alpha value is -1.06. The van der Waals surface area contributed by atoms with Crippen molar-refractivity contribution in [1.29, 1.82) is 0 Å². The van der Waals surface area contributed by atoms with Crippen molar-refractivity contribution in [3.05, 3.63) is 0 Å². The minimum Gasteiger partial charge on any atom is -0.469 e. The molecule has 0 spiro atoms. The summed E-state index contributed by atoms with van der Waals surface area (Å²) in [5, 5.41) is 0. The van der Waals surface area contributed by atoms with Crippen LogP contribution in [-0.4, -0.2) is 25.2 Å². The largest absolute Gasteiger partial charge is 0.469 e. The molecule has 0 aromatic carbocycles. The van der Waals surface area contributed by atoms with E-state index < -0.39 is 0 Å². The topological polar surface area (TPSA) is 52.6 Å². The highest BCUT2D eigenvalue weighted by Gasteiger charge is 2.61. The lowest BCUT2D eigenvalue weighted by molar-refractivity contribution is -0.164. The van der Waals surface area contributed by atoms with Gasteiger partial charge in [0.2, 0.25) is 0 Å². The van der Waals surface area contributed by atoms with Crippen LogP contribution in [0.4, 0.5) is 0 Å². The smallest absolute Gasteiger partial charge is 0.309 e. The van der Waals surface area contributed by atoms with E-state index >= 15 is 0 Å². The third-order valence-corrected chi connectivity index (χ3v) is 9.44. The Kier molecular flexibility index (Phi) is 4.83. The molecule has 4 fully saturated rings. The quantitative estimate of drug-likeness (QED) is 0.653. The van der Waals surface area contributed by atoms with Crippen molar-refractivity contribution in [3.63, 3.8) is 0 Å². The molecule has 4 nitrogen and oxygen atoms in total. The molecule has 4 aliphatic rings. The van der Waals surface area contributed by atoms with Crippen LogP contribution in [0.5, 0.6) is 0 Å². The van der Waals surface area contributed by atoms with Crippen LogP contribution in [0.15, 0.2) is 0 Å². The number of carbonyl (C=O) groups is 2. The van der Waals surface area contributed by atoms with Gasteiger partial charge in [0.05, 0.1) is 13.0 Å². The molecule has 4 aliphatic carbocycles. The fourth-order valence-electron chi connectivity index (χ4n) is 8.09. The molecule has 0 radical (unpaired) electrons. The van der Waals surface area contributed by atoms with E-state index in [1.54, 1.807) is 7.11 Å². The number of carbonyl (C=O) groups excluding carboxylic acids is 2. The summed E-state index contributed by atoms with van der Waals surface area (Å²) < 4.78 is 10.7. The summed E-state index contributed by atoms with van der Waals surface area (Å²) in [4.78, 5) is 23.8. The van der Waals surface area contributed by atoms with E-state index in [9.17, 15) is 9.59 Å². The Morgan fingerprint density at radius 2 is 1.59 bits per heavy atom. The summed E-state index contributed by atoms with van der Waals surface area (Å²) in [6.07, 6.45) is 10.5. The molecule has 27 heavy (non-hydrogen) atoms. The van der Waals surface area contributed by atoms with Crippen LogP contribution >= 0.6 is 0 Å². The summed E-state index contributed by atoms with van der Waals surface area (Å²) in [6.45, 7) is 6.42. The number of methoxy groups -OCH3 is 1. The fraction of sp³-hybridized carbons (Fsp3) is 0.913. The van der Waals surface area contributed by atoms with Gasteiger partial charge in [-0.05, 0) is 92.3 Å². The SMILES string of the molecule is COC(=O)[C@H]1CC[C@H]2[C@@H]3CC[C@@H]4C[C@@H](OC(C)=O)CC[C@]4(C)[C@H]3CC[C@]12C. The first kappa shape index (κ1) is 19.3. The van der Waals surface area contributed by atoms with E-state index in [1.165, 1.54) is 39.0 Å². The summed E-state index contributed by atoms with van der Waals surface area (Å²) in [5.41, 5.74) is 0.511. The minimum absolute atomic E-state index is 0.0141. The Balaban J connectivity index is 1.53. The summed E-state index contributed by atoms with van der Waals surface area (Å²) in [5.74, 6) is 2.85. The number of rotatable bonds is 2. The Morgan fingerprint density at radius 3 is 2.30 bits per heavy atom. The van der Waals surface area contributed by atoms with Gasteiger partial charge in [-0.15, -0.1) is 0 Å². The second-order valence-electron chi connectivity index (χ2n) is 10.4. The van der Waals surface area contributed by atoms with Crippen molar-refractivity contribution >= 4 is 11.9 Å². The van der Waals surface area contributed by atoms with Gasteiger partial charge < -0.3 is 9.47 Å². The molecular formula is C23H36O4. The van der Waals surface area contributed by atoms with Gasteiger partial charge in [0.15, 0.2) is 0 Å². The average molecular weight is 377 g/mol. The lowest BCUT2D eigenvalue weighted by Crippen LogP contribution is -2.54. The maximum absolute atomic E-state index is 12.4. The van der Waals surface area contributed by atoms with Crippen LogP contribution in [-0.2, 0) is 19.1 Å². The third kappa shape index (κ3) is 2.93. The molecule has 4 saturated carbocycles. The second kappa shape index (κ2) is 6.77. The Labute approximate surface area is 163 Å². The molecule has 0 saturated heterocycles. The standard InChI is InChI=1S/C23H36O4/c1-14(24)27-16-9-11-22(2)15(13-16)5-6-17-18-7-8-20(21(25)26-4)23(18,3)12-10-19(17)22/h15-20H,5-13H2,1-4H3/t15-,16+,17+,18+,19+,20-,22+,23+/m1/s1. The summed E-state index contributed by atoms with van der Waals surface area (Å²) in [7, 11) is 1.54. The van der Waals surface area contributed by atoms with Gasteiger partial charge in [-0.2, -0.15) is 0 Å². The van der Waals surface area contributed by atoms with Gasteiger partial charge in [0.25, 0.3) is 0 Å². The maximum Gasteiger partial charge on any atom is 0.309 e. The monoisotopic (exact) mass is 376 g/mol. The number of fused-ring (bicyclic) bond motifs is 5. The molecule has 0 aromatic rings. The van der Waals surface area contributed by atoms with Crippen LogP contribution in [0, 0.1) is 40.4 Å². The van der Waals surface area contributed by atoms with Gasteiger partial charge >= 0.3 is 11.9 Å². The average Bonchev–Trinajstić information content (AvgIpc) is 2.98. The molecule has 0 bridgehead atoms. The van der Waals surface area contributed by atoms with Crippen LogP contribution in [0.3, 0.4) is 0 Å². The predicted molar refractivity (Wildman–Crippen MR) is 103 cm³/mol. The maximum atomic E-state index is 12.4. The van der Waals surface area contributed by atoms with Crippen molar-refractivity contribution < 1.29 is 19.1 Å². The first-order valence-electron chi connectivity index (χ1n) is 11.0. The first-order chi connectivity index (χ1) is 12.8. The third-order valence-electron chi connectivity index (χ3n) is 9.44. The Morgan fingerprint density at radius 1 is 0.889 bits per heavy atom. The van der Waals surface area contributed by atoms with E-state index in [1.807, 2.05) is 0 Å². The summed E-state index contributed by atoms with van der Waals surface area (Å²) >= 11 is 0. The fourth-order valence-corrected chi connectivity index (χ4v) is 8.09. The lowest BCUT2D eigenvalue weighted by Gasteiger charge is -2.60. The molecule has 0 amide bonds. The normalized spacial score (nSPS) is 48.7. The van der Waals surface area contributed by atoms with E-state index in [-0.39, 0.29) is 29.4 Å². The molecule has 0 aliphatic heterocycles.